The third-order valence-corrected chi connectivity index (χ3v) is 2.64. The van der Waals surface area contributed by atoms with E-state index in [9.17, 15) is 0 Å². The fourth-order valence-electron chi connectivity index (χ4n) is 1.56. The monoisotopic (exact) mass is 167 g/mol. The molecule has 0 bridgehead atoms. The number of aromatic nitrogens is 1. The molecule has 68 valence electrons. The van der Waals surface area contributed by atoms with Gasteiger partial charge in [-0.2, -0.15) is 0 Å². The fourth-order valence-corrected chi connectivity index (χ4v) is 1.56. The summed E-state index contributed by atoms with van der Waals surface area (Å²) in [6, 6.07) is 1.97. The molecule has 1 atom stereocenters. The Morgan fingerprint density at radius 3 is 2.67 bits per heavy atom. The lowest BCUT2D eigenvalue weighted by molar-refractivity contribution is 0.351. The molecule has 1 aromatic heterocycles. The highest BCUT2D eigenvalue weighted by Crippen LogP contribution is 2.30. The molecule has 2 nitrogen and oxygen atoms in total. The van der Waals surface area contributed by atoms with E-state index < -0.39 is 0 Å². The number of hydrogen-bond donors (Lipinski definition) is 0. The quantitative estimate of drug-likeness (QED) is 0.688. The Bertz CT molecular complexity index is 218. The summed E-state index contributed by atoms with van der Waals surface area (Å²) in [5, 5.41) is 4.00. The predicted octanol–water partition coefficient (Wildman–Crippen LogP) is 3.14. The van der Waals surface area contributed by atoms with Gasteiger partial charge in [0.25, 0.3) is 0 Å². The minimum atomic E-state index is 0.210. The first-order chi connectivity index (χ1) is 5.73. The van der Waals surface area contributed by atoms with Gasteiger partial charge in [0, 0.05) is 11.5 Å². The minimum absolute atomic E-state index is 0.210. The molecule has 12 heavy (non-hydrogen) atoms. The normalized spacial score (nSPS) is 15.9. The molecule has 0 radical (unpaired) electrons. The molecule has 0 amide bonds. The van der Waals surface area contributed by atoms with Crippen molar-refractivity contribution in [3.05, 3.63) is 18.0 Å². The Morgan fingerprint density at radius 2 is 2.25 bits per heavy atom. The smallest absolute Gasteiger partial charge is 0.124 e. The predicted molar refractivity (Wildman–Crippen MR) is 49.1 cm³/mol. The molecule has 0 aliphatic rings. The minimum Gasteiger partial charge on any atom is -0.364 e. The van der Waals surface area contributed by atoms with Gasteiger partial charge in [0.15, 0.2) is 0 Å². The zero-order valence-electron chi connectivity index (χ0n) is 8.13. The Morgan fingerprint density at radius 1 is 1.50 bits per heavy atom. The van der Waals surface area contributed by atoms with Crippen LogP contribution in [0, 0.1) is 0 Å². The molecule has 1 rings (SSSR count). The van der Waals surface area contributed by atoms with E-state index in [1.165, 1.54) is 12.8 Å². The van der Waals surface area contributed by atoms with Crippen LogP contribution in [0.25, 0.3) is 0 Å². The van der Waals surface area contributed by atoms with Crippen LogP contribution in [0.15, 0.2) is 16.9 Å². The Hall–Kier alpha value is -0.790. The molecule has 0 aliphatic heterocycles. The first kappa shape index (κ1) is 9.30. The van der Waals surface area contributed by atoms with E-state index in [4.69, 9.17) is 4.52 Å². The van der Waals surface area contributed by atoms with Crippen molar-refractivity contribution >= 4 is 0 Å². The third-order valence-electron chi connectivity index (χ3n) is 2.64. The number of nitrogens with zero attached hydrogens (tertiary/aromatic N) is 1. The molecular weight excluding hydrogens is 150 g/mol. The second kappa shape index (κ2) is 3.74. The highest BCUT2D eigenvalue weighted by molar-refractivity contribution is 5.11. The Balaban J connectivity index is 2.80. The van der Waals surface area contributed by atoms with Crippen molar-refractivity contribution < 1.29 is 4.52 Å². The molecule has 0 aliphatic carbocycles. The maximum atomic E-state index is 4.86. The summed E-state index contributed by atoms with van der Waals surface area (Å²) in [6.45, 7) is 6.65. The van der Waals surface area contributed by atoms with Crippen molar-refractivity contribution in [2.45, 2.75) is 45.4 Å². The van der Waals surface area contributed by atoms with Crippen LogP contribution in [0.2, 0.25) is 0 Å². The van der Waals surface area contributed by atoms with E-state index in [0.717, 1.165) is 12.1 Å². The van der Waals surface area contributed by atoms with Crippen LogP contribution in [-0.4, -0.2) is 5.16 Å². The first-order valence-corrected chi connectivity index (χ1v) is 4.64. The van der Waals surface area contributed by atoms with Crippen LogP contribution in [0.1, 0.15) is 45.7 Å². The zero-order chi connectivity index (χ0) is 9.03. The maximum Gasteiger partial charge on any atom is 0.124 e. The second-order valence-corrected chi connectivity index (χ2v) is 3.55. The van der Waals surface area contributed by atoms with Gasteiger partial charge in [-0.3, -0.25) is 0 Å². The van der Waals surface area contributed by atoms with Gasteiger partial charge in [-0.05, 0) is 12.8 Å². The van der Waals surface area contributed by atoms with E-state index in [1.54, 1.807) is 6.26 Å². The van der Waals surface area contributed by atoms with Crippen LogP contribution in [0.5, 0.6) is 0 Å². The molecule has 0 aromatic carbocycles. The molecular formula is C10H17NO. The summed E-state index contributed by atoms with van der Waals surface area (Å²) < 4.78 is 4.86. The Labute approximate surface area is 74.0 Å². The fraction of sp³-hybridized carbons (Fsp3) is 0.700. The van der Waals surface area contributed by atoms with Gasteiger partial charge >= 0.3 is 0 Å². The first-order valence-electron chi connectivity index (χ1n) is 4.64. The van der Waals surface area contributed by atoms with Gasteiger partial charge in [-0.25, -0.2) is 0 Å². The van der Waals surface area contributed by atoms with Crippen molar-refractivity contribution in [1.82, 2.24) is 5.16 Å². The van der Waals surface area contributed by atoms with E-state index in [2.05, 4.69) is 25.9 Å². The summed E-state index contributed by atoms with van der Waals surface area (Å²) in [7, 11) is 0. The largest absolute Gasteiger partial charge is 0.364 e. The lowest BCUT2D eigenvalue weighted by Crippen LogP contribution is -2.20. The molecule has 0 saturated heterocycles. The van der Waals surface area contributed by atoms with Crippen molar-refractivity contribution in [3.8, 4) is 0 Å². The average Bonchev–Trinajstić information content (AvgIpc) is 2.57. The van der Waals surface area contributed by atoms with Crippen LogP contribution >= 0.6 is 0 Å². The molecule has 0 saturated carbocycles. The van der Waals surface area contributed by atoms with Gasteiger partial charge in [0.05, 0.1) is 5.69 Å². The van der Waals surface area contributed by atoms with E-state index in [0.29, 0.717) is 0 Å². The van der Waals surface area contributed by atoms with Crippen molar-refractivity contribution in [1.29, 1.82) is 0 Å². The molecule has 1 heterocycles. The van der Waals surface area contributed by atoms with E-state index in [1.807, 2.05) is 6.07 Å². The summed E-state index contributed by atoms with van der Waals surface area (Å²) >= 11 is 0. The molecule has 0 N–H and O–H groups in total. The van der Waals surface area contributed by atoms with Gasteiger partial charge in [-0.1, -0.05) is 32.3 Å². The summed E-state index contributed by atoms with van der Waals surface area (Å²) in [5.74, 6) is 0. The third kappa shape index (κ3) is 1.68. The molecule has 1 unspecified atom stereocenters. The summed E-state index contributed by atoms with van der Waals surface area (Å²) in [5.41, 5.74) is 1.30. The average molecular weight is 167 g/mol. The highest BCUT2D eigenvalue weighted by Gasteiger charge is 2.25. The van der Waals surface area contributed by atoms with E-state index in [-0.39, 0.29) is 5.41 Å². The maximum absolute atomic E-state index is 4.86. The van der Waals surface area contributed by atoms with Gasteiger partial charge in [0.2, 0.25) is 0 Å². The number of rotatable bonds is 4. The van der Waals surface area contributed by atoms with E-state index >= 15 is 0 Å². The number of hydrogen-bond acceptors (Lipinski definition) is 2. The van der Waals surface area contributed by atoms with Gasteiger partial charge < -0.3 is 4.52 Å². The second-order valence-electron chi connectivity index (χ2n) is 3.55. The summed E-state index contributed by atoms with van der Waals surface area (Å²) in [6.07, 6.45) is 5.14. The van der Waals surface area contributed by atoms with Crippen LogP contribution in [0.4, 0.5) is 0 Å². The lowest BCUT2D eigenvalue weighted by atomic mass is 9.80. The van der Waals surface area contributed by atoms with Crippen molar-refractivity contribution in [2.75, 3.05) is 0 Å². The molecule has 1 aromatic rings. The molecule has 0 fully saturated rings. The van der Waals surface area contributed by atoms with Crippen LogP contribution in [-0.2, 0) is 5.41 Å². The van der Waals surface area contributed by atoms with Crippen molar-refractivity contribution in [3.63, 3.8) is 0 Å². The SMILES string of the molecule is CCCC(C)(CC)c1ccon1. The van der Waals surface area contributed by atoms with Gasteiger partial charge in [-0.15, -0.1) is 0 Å². The summed E-state index contributed by atoms with van der Waals surface area (Å²) in [4.78, 5) is 0. The topological polar surface area (TPSA) is 26.0 Å². The zero-order valence-corrected chi connectivity index (χ0v) is 8.13. The van der Waals surface area contributed by atoms with Crippen LogP contribution < -0.4 is 0 Å². The van der Waals surface area contributed by atoms with Crippen molar-refractivity contribution in [2.24, 2.45) is 0 Å². The highest BCUT2D eigenvalue weighted by atomic mass is 16.5. The Kier molecular flexibility index (Phi) is 2.90. The molecule has 0 spiro atoms. The van der Waals surface area contributed by atoms with Crippen LogP contribution in [0.3, 0.4) is 0 Å². The standard InChI is InChI=1S/C10H17NO/c1-4-7-10(3,5-2)9-6-8-12-11-9/h6,8H,4-5,7H2,1-3H3. The molecule has 2 heteroatoms. The lowest BCUT2D eigenvalue weighted by Gasteiger charge is -2.24. The van der Waals surface area contributed by atoms with Gasteiger partial charge in [0.1, 0.15) is 6.26 Å².